The fourth-order valence-electron chi connectivity index (χ4n) is 4.78. The normalized spacial score (nSPS) is 25.0. The number of benzene rings is 1. The molecular weight excluding hydrogens is 386 g/mol. The number of hydrogen-bond donors (Lipinski definition) is 3. The number of thiazole rings is 1. The number of fused-ring (bicyclic) bond motifs is 3. The topological polar surface area (TPSA) is 90.1 Å². The number of aromatic amines is 1. The van der Waals surface area contributed by atoms with Gasteiger partial charge in [0.2, 0.25) is 5.91 Å². The molecule has 3 aliphatic rings. The first-order valence-electron chi connectivity index (χ1n) is 10.0. The number of aromatic nitrogens is 2. The van der Waals surface area contributed by atoms with E-state index in [1.54, 1.807) is 0 Å². The number of hydrogen-bond acceptors (Lipinski definition) is 5. The molecule has 3 aromatic rings. The van der Waals surface area contributed by atoms with Crippen molar-refractivity contribution in [2.45, 2.75) is 13.0 Å². The van der Waals surface area contributed by atoms with Gasteiger partial charge in [0.25, 0.3) is 5.91 Å². The SMILES string of the molecule is O=C(Nc1nc2c(s1)CN(C(=O)c1cc3ccccc3[nH]1)CC2)[C@H]1[C@@H]2CNC[C@@H]21. The molecular formula is C21H21N5O2S. The van der Waals surface area contributed by atoms with Crippen LogP contribution in [0.2, 0.25) is 0 Å². The second-order valence-electron chi connectivity index (χ2n) is 8.14. The third-order valence-electron chi connectivity index (χ3n) is 6.40. The predicted molar refractivity (Wildman–Crippen MR) is 111 cm³/mol. The summed E-state index contributed by atoms with van der Waals surface area (Å²) in [5.41, 5.74) is 2.58. The highest BCUT2D eigenvalue weighted by atomic mass is 32.1. The number of nitrogens with one attached hydrogen (secondary N) is 3. The van der Waals surface area contributed by atoms with E-state index in [0.717, 1.165) is 34.6 Å². The number of carbonyl (C=O) groups excluding carboxylic acids is 2. The van der Waals surface area contributed by atoms with Crippen LogP contribution in [0.4, 0.5) is 5.13 Å². The summed E-state index contributed by atoms with van der Waals surface area (Å²) in [6.45, 7) is 3.07. The Kier molecular flexibility index (Phi) is 3.79. The molecule has 3 N–H and O–H groups in total. The molecule has 2 fully saturated rings. The van der Waals surface area contributed by atoms with E-state index in [2.05, 4.69) is 20.6 Å². The van der Waals surface area contributed by atoms with Crippen molar-refractivity contribution in [3.63, 3.8) is 0 Å². The predicted octanol–water partition coefficient (Wildman–Crippen LogP) is 2.23. The van der Waals surface area contributed by atoms with Crippen LogP contribution in [0, 0.1) is 17.8 Å². The number of H-pyrrole nitrogens is 1. The lowest BCUT2D eigenvalue weighted by molar-refractivity contribution is -0.118. The van der Waals surface area contributed by atoms with Gasteiger partial charge in [-0.3, -0.25) is 9.59 Å². The Morgan fingerprint density at radius 2 is 2.03 bits per heavy atom. The lowest BCUT2D eigenvalue weighted by Gasteiger charge is -2.25. The summed E-state index contributed by atoms with van der Waals surface area (Å²) in [5.74, 6) is 1.23. The van der Waals surface area contributed by atoms with Crippen molar-refractivity contribution in [2.24, 2.45) is 17.8 Å². The molecule has 0 spiro atoms. The van der Waals surface area contributed by atoms with Crippen LogP contribution >= 0.6 is 11.3 Å². The molecule has 148 valence electrons. The number of carbonyl (C=O) groups is 2. The van der Waals surface area contributed by atoms with Crippen LogP contribution in [0.5, 0.6) is 0 Å². The second kappa shape index (κ2) is 6.40. The Morgan fingerprint density at radius 3 is 2.86 bits per heavy atom. The van der Waals surface area contributed by atoms with Gasteiger partial charge in [-0.15, -0.1) is 0 Å². The molecule has 0 unspecified atom stereocenters. The average molecular weight is 407 g/mol. The van der Waals surface area contributed by atoms with Gasteiger partial charge in [0.1, 0.15) is 5.69 Å². The number of anilines is 1. The van der Waals surface area contributed by atoms with Crippen LogP contribution in [-0.4, -0.2) is 46.3 Å². The zero-order valence-electron chi connectivity index (χ0n) is 15.8. The summed E-state index contributed by atoms with van der Waals surface area (Å²) in [4.78, 5) is 36.2. The highest BCUT2D eigenvalue weighted by molar-refractivity contribution is 7.15. The molecule has 1 aliphatic carbocycles. The summed E-state index contributed by atoms with van der Waals surface area (Å²) in [5, 5.41) is 8.03. The number of para-hydroxylation sites is 1. The highest BCUT2D eigenvalue weighted by Crippen LogP contribution is 2.49. The van der Waals surface area contributed by atoms with Crippen molar-refractivity contribution in [1.82, 2.24) is 20.2 Å². The molecule has 0 bridgehead atoms. The van der Waals surface area contributed by atoms with Gasteiger partial charge in [0.05, 0.1) is 12.2 Å². The van der Waals surface area contributed by atoms with Crippen molar-refractivity contribution in [3.8, 4) is 0 Å². The van der Waals surface area contributed by atoms with Gasteiger partial charge in [-0.1, -0.05) is 29.5 Å². The van der Waals surface area contributed by atoms with Crippen molar-refractivity contribution >= 4 is 39.2 Å². The molecule has 4 heterocycles. The van der Waals surface area contributed by atoms with Crippen LogP contribution in [0.1, 0.15) is 21.1 Å². The summed E-state index contributed by atoms with van der Waals surface area (Å²) >= 11 is 1.50. The molecule has 2 amide bonds. The minimum atomic E-state index is 0.00383. The average Bonchev–Trinajstić information content (AvgIpc) is 3.15. The molecule has 2 aliphatic heterocycles. The third kappa shape index (κ3) is 2.86. The molecule has 7 nitrogen and oxygen atoms in total. The van der Waals surface area contributed by atoms with Crippen LogP contribution in [0.3, 0.4) is 0 Å². The molecule has 3 atom stereocenters. The Hall–Kier alpha value is -2.71. The Balaban J connectivity index is 1.16. The second-order valence-corrected chi connectivity index (χ2v) is 9.22. The summed E-state index contributed by atoms with van der Waals surface area (Å²) < 4.78 is 0. The van der Waals surface area contributed by atoms with Gasteiger partial charge < -0.3 is 20.5 Å². The molecule has 1 aromatic carbocycles. The maximum atomic E-state index is 13.0. The smallest absolute Gasteiger partial charge is 0.270 e. The van der Waals surface area contributed by atoms with Crippen LogP contribution in [0.15, 0.2) is 30.3 Å². The number of rotatable bonds is 3. The number of nitrogens with zero attached hydrogens (tertiary/aromatic N) is 2. The molecule has 6 rings (SSSR count). The van der Waals surface area contributed by atoms with Crippen molar-refractivity contribution in [1.29, 1.82) is 0 Å². The van der Waals surface area contributed by atoms with Gasteiger partial charge in [-0.05, 0) is 37.1 Å². The quantitative estimate of drug-likeness (QED) is 0.621. The van der Waals surface area contributed by atoms with E-state index in [1.807, 2.05) is 35.2 Å². The number of piperidine rings is 1. The van der Waals surface area contributed by atoms with Gasteiger partial charge in [0.15, 0.2) is 5.13 Å². The van der Waals surface area contributed by atoms with Crippen molar-refractivity contribution in [3.05, 3.63) is 46.6 Å². The minimum absolute atomic E-state index is 0.00383. The lowest BCUT2D eigenvalue weighted by Crippen LogP contribution is -2.35. The first-order chi connectivity index (χ1) is 14.2. The highest BCUT2D eigenvalue weighted by Gasteiger charge is 2.57. The first kappa shape index (κ1) is 17.2. The van der Waals surface area contributed by atoms with Crippen LogP contribution < -0.4 is 10.6 Å². The van der Waals surface area contributed by atoms with Gasteiger partial charge in [0, 0.05) is 34.7 Å². The van der Waals surface area contributed by atoms with Gasteiger partial charge in [-0.2, -0.15) is 0 Å². The monoisotopic (exact) mass is 407 g/mol. The van der Waals surface area contributed by atoms with E-state index < -0.39 is 0 Å². The molecule has 2 aromatic heterocycles. The zero-order chi connectivity index (χ0) is 19.5. The van der Waals surface area contributed by atoms with E-state index in [9.17, 15) is 9.59 Å². The van der Waals surface area contributed by atoms with E-state index in [0.29, 0.717) is 42.2 Å². The van der Waals surface area contributed by atoms with Crippen LogP contribution in [0.25, 0.3) is 10.9 Å². The summed E-state index contributed by atoms with van der Waals surface area (Å²) in [6.07, 6.45) is 0.715. The molecule has 1 saturated heterocycles. The lowest BCUT2D eigenvalue weighted by atomic mass is 10.1. The summed E-state index contributed by atoms with van der Waals surface area (Å²) in [6, 6.07) is 9.81. The van der Waals surface area contributed by atoms with E-state index in [-0.39, 0.29) is 17.7 Å². The van der Waals surface area contributed by atoms with E-state index in [4.69, 9.17) is 0 Å². The molecule has 1 saturated carbocycles. The van der Waals surface area contributed by atoms with Crippen molar-refractivity contribution in [2.75, 3.05) is 25.0 Å². The number of amides is 2. The maximum absolute atomic E-state index is 13.0. The van der Waals surface area contributed by atoms with Crippen molar-refractivity contribution < 1.29 is 9.59 Å². The molecule has 29 heavy (non-hydrogen) atoms. The Bertz CT molecular complexity index is 1090. The van der Waals surface area contributed by atoms with Gasteiger partial charge in [-0.25, -0.2) is 4.98 Å². The summed E-state index contributed by atoms with van der Waals surface area (Å²) in [7, 11) is 0. The molecule has 0 radical (unpaired) electrons. The minimum Gasteiger partial charge on any atom is -0.351 e. The Labute approximate surface area is 171 Å². The maximum Gasteiger partial charge on any atom is 0.270 e. The largest absolute Gasteiger partial charge is 0.351 e. The van der Waals surface area contributed by atoms with Gasteiger partial charge >= 0.3 is 0 Å². The standard InChI is InChI=1S/C21H21N5O2S/c27-19(18-12-8-22-9-13(12)18)25-21-24-15-5-6-26(10-17(15)29-21)20(28)16-7-11-3-1-2-4-14(11)23-16/h1-4,7,12-13,18,22-23H,5-6,8-10H2,(H,24,25,27)/t12-,13+,18+. The fraction of sp³-hybridized carbons (Fsp3) is 0.381. The first-order valence-corrected chi connectivity index (χ1v) is 10.9. The zero-order valence-corrected chi connectivity index (χ0v) is 16.6. The third-order valence-corrected chi connectivity index (χ3v) is 7.40. The molecule has 8 heteroatoms. The van der Waals surface area contributed by atoms with Crippen LogP contribution in [-0.2, 0) is 17.8 Å². The Morgan fingerprint density at radius 1 is 1.21 bits per heavy atom. The fourth-order valence-corrected chi connectivity index (χ4v) is 5.80. The van der Waals surface area contributed by atoms with E-state index in [1.165, 1.54) is 11.3 Å². The van der Waals surface area contributed by atoms with E-state index >= 15 is 0 Å².